The van der Waals surface area contributed by atoms with E-state index in [1.54, 1.807) is 36.5 Å². The molecule has 0 aliphatic heterocycles. The molecule has 0 atom stereocenters. The van der Waals surface area contributed by atoms with Gasteiger partial charge >= 0.3 is 0 Å². The maximum Gasteiger partial charge on any atom is 0.274 e. The number of hydrogen-bond donors (Lipinski definition) is 1. The third-order valence-corrected chi connectivity index (χ3v) is 3.77. The first kappa shape index (κ1) is 17.1. The van der Waals surface area contributed by atoms with Crippen molar-refractivity contribution in [2.75, 3.05) is 16.8 Å². The highest BCUT2D eigenvalue weighted by molar-refractivity contribution is 6.03. The third kappa shape index (κ3) is 3.84. The van der Waals surface area contributed by atoms with Crippen molar-refractivity contribution in [1.82, 2.24) is 9.97 Å². The molecular formula is C20H17N5O. The summed E-state index contributed by atoms with van der Waals surface area (Å²) >= 11 is 0. The molecule has 3 aromatic rings. The number of para-hydroxylation sites is 1. The molecule has 1 aromatic heterocycles. The van der Waals surface area contributed by atoms with Crippen molar-refractivity contribution in [2.24, 2.45) is 0 Å². The average Bonchev–Trinajstić information content (AvgIpc) is 2.70. The van der Waals surface area contributed by atoms with Crippen molar-refractivity contribution in [3.05, 3.63) is 78.1 Å². The van der Waals surface area contributed by atoms with E-state index in [-0.39, 0.29) is 11.6 Å². The average molecular weight is 343 g/mol. The fraction of sp³-hybridized carbons (Fsp3) is 0.100. The van der Waals surface area contributed by atoms with Gasteiger partial charge in [-0.2, -0.15) is 5.26 Å². The maximum absolute atomic E-state index is 12.5. The van der Waals surface area contributed by atoms with Gasteiger partial charge in [0.25, 0.3) is 5.91 Å². The Morgan fingerprint density at radius 2 is 1.85 bits per heavy atom. The molecule has 6 heteroatoms. The maximum atomic E-state index is 12.5. The SMILES string of the molecule is CCN(c1ccccc1)c1nccc(C(=O)Nc2ccc(C#N)cc2)n1. The lowest BCUT2D eigenvalue weighted by Crippen LogP contribution is -2.21. The van der Waals surface area contributed by atoms with Gasteiger partial charge in [0, 0.05) is 24.1 Å². The minimum Gasteiger partial charge on any atom is -0.321 e. The molecule has 0 saturated heterocycles. The summed E-state index contributed by atoms with van der Waals surface area (Å²) in [6.45, 7) is 2.67. The number of amides is 1. The Morgan fingerprint density at radius 3 is 2.50 bits per heavy atom. The van der Waals surface area contributed by atoms with Crippen molar-refractivity contribution in [3.63, 3.8) is 0 Å². The molecule has 0 radical (unpaired) electrons. The Kier molecular flexibility index (Phi) is 5.20. The predicted molar refractivity (Wildman–Crippen MR) is 100 cm³/mol. The van der Waals surface area contributed by atoms with E-state index in [9.17, 15) is 4.79 Å². The molecule has 0 spiro atoms. The number of rotatable bonds is 5. The second-order valence-corrected chi connectivity index (χ2v) is 5.46. The quantitative estimate of drug-likeness (QED) is 0.763. The fourth-order valence-electron chi connectivity index (χ4n) is 2.48. The van der Waals surface area contributed by atoms with Gasteiger partial charge in [-0.25, -0.2) is 9.97 Å². The molecule has 0 unspecified atom stereocenters. The summed E-state index contributed by atoms with van der Waals surface area (Å²) < 4.78 is 0. The number of carbonyl (C=O) groups is 1. The van der Waals surface area contributed by atoms with Crippen LogP contribution in [0.15, 0.2) is 66.9 Å². The minimum atomic E-state index is -0.331. The first-order valence-electron chi connectivity index (χ1n) is 8.18. The van der Waals surface area contributed by atoms with Gasteiger partial charge in [0.1, 0.15) is 5.69 Å². The molecule has 6 nitrogen and oxygen atoms in total. The molecule has 1 amide bonds. The van der Waals surface area contributed by atoms with Crippen LogP contribution in [0.25, 0.3) is 0 Å². The molecule has 0 fully saturated rings. The lowest BCUT2D eigenvalue weighted by molar-refractivity contribution is 0.102. The Morgan fingerprint density at radius 1 is 1.12 bits per heavy atom. The number of nitrogens with zero attached hydrogens (tertiary/aromatic N) is 4. The largest absolute Gasteiger partial charge is 0.321 e. The Hall–Kier alpha value is -3.72. The van der Waals surface area contributed by atoms with Crippen LogP contribution >= 0.6 is 0 Å². The molecule has 26 heavy (non-hydrogen) atoms. The molecule has 0 aliphatic rings. The number of hydrogen-bond acceptors (Lipinski definition) is 5. The molecule has 1 heterocycles. The molecule has 2 aromatic carbocycles. The first-order valence-corrected chi connectivity index (χ1v) is 8.18. The minimum absolute atomic E-state index is 0.272. The van der Waals surface area contributed by atoms with Gasteiger partial charge in [-0.05, 0) is 49.4 Å². The van der Waals surface area contributed by atoms with Crippen molar-refractivity contribution < 1.29 is 4.79 Å². The zero-order valence-corrected chi connectivity index (χ0v) is 14.3. The van der Waals surface area contributed by atoms with Crippen molar-refractivity contribution in [1.29, 1.82) is 5.26 Å². The summed E-state index contributed by atoms with van der Waals surface area (Å²) in [4.78, 5) is 23.1. The second kappa shape index (κ2) is 7.90. The molecule has 128 valence electrons. The molecule has 3 rings (SSSR count). The summed E-state index contributed by atoms with van der Waals surface area (Å²) in [5.41, 5.74) is 2.37. The van der Waals surface area contributed by atoms with Crippen LogP contribution < -0.4 is 10.2 Å². The van der Waals surface area contributed by atoms with E-state index in [4.69, 9.17) is 5.26 Å². The zero-order chi connectivity index (χ0) is 18.4. The standard InChI is InChI=1S/C20H17N5O/c1-2-25(17-6-4-3-5-7-17)20-22-13-12-18(24-20)19(26)23-16-10-8-15(14-21)9-11-16/h3-13H,2H2,1H3,(H,23,26). The van der Waals surface area contributed by atoms with Gasteiger partial charge < -0.3 is 10.2 Å². The van der Waals surface area contributed by atoms with E-state index >= 15 is 0 Å². The smallest absolute Gasteiger partial charge is 0.274 e. The van der Waals surface area contributed by atoms with Crippen LogP contribution in [-0.4, -0.2) is 22.4 Å². The molecule has 0 saturated carbocycles. The van der Waals surface area contributed by atoms with Crippen LogP contribution in [0.5, 0.6) is 0 Å². The van der Waals surface area contributed by atoms with Crippen LogP contribution in [0.1, 0.15) is 23.0 Å². The predicted octanol–water partition coefficient (Wildman–Crippen LogP) is 3.76. The number of carbonyl (C=O) groups excluding carboxylic acids is 1. The molecule has 1 N–H and O–H groups in total. The zero-order valence-electron chi connectivity index (χ0n) is 14.3. The third-order valence-electron chi connectivity index (χ3n) is 3.77. The van der Waals surface area contributed by atoms with Crippen LogP contribution in [0, 0.1) is 11.3 Å². The van der Waals surface area contributed by atoms with E-state index in [1.807, 2.05) is 48.2 Å². The highest BCUT2D eigenvalue weighted by atomic mass is 16.1. The van der Waals surface area contributed by atoms with Crippen LogP contribution in [-0.2, 0) is 0 Å². The second-order valence-electron chi connectivity index (χ2n) is 5.46. The first-order chi connectivity index (χ1) is 12.7. The Labute approximate surface area is 151 Å². The normalized spacial score (nSPS) is 10.0. The van der Waals surface area contributed by atoms with Gasteiger partial charge in [-0.1, -0.05) is 18.2 Å². The number of anilines is 3. The fourth-order valence-corrected chi connectivity index (χ4v) is 2.48. The Bertz CT molecular complexity index is 932. The topological polar surface area (TPSA) is 81.9 Å². The number of aromatic nitrogens is 2. The monoisotopic (exact) mass is 343 g/mol. The lowest BCUT2D eigenvalue weighted by atomic mass is 10.2. The van der Waals surface area contributed by atoms with Crippen LogP contribution in [0.4, 0.5) is 17.3 Å². The lowest BCUT2D eigenvalue weighted by Gasteiger charge is -2.21. The van der Waals surface area contributed by atoms with E-state index in [2.05, 4.69) is 15.3 Å². The van der Waals surface area contributed by atoms with Crippen molar-refractivity contribution >= 4 is 23.2 Å². The number of nitrogens with one attached hydrogen (secondary N) is 1. The Balaban J connectivity index is 1.81. The summed E-state index contributed by atoms with van der Waals surface area (Å²) in [5.74, 6) is 0.133. The van der Waals surface area contributed by atoms with E-state index in [0.29, 0.717) is 23.7 Å². The highest BCUT2D eigenvalue weighted by Gasteiger charge is 2.14. The van der Waals surface area contributed by atoms with E-state index in [0.717, 1.165) is 5.69 Å². The van der Waals surface area contributed by atoms with Gasteiger partial charge in [-0.15, -0.1) is 0 Å². The van der Waals surface area contributed by atoms with Gasteiger partial charge in [0.15, 0.2) is 0 Å². The summed E-state index contributed by atoms with van der Waals surface area (Å²) in [7, 11) is 0. The molecular weight excluding hydrogens is 326 g/mol. The van der Waals surface area contributed by atoms with Crippen LogP contribution in [0.3, 0.4) is 0 Å². The van der Waals surface area contributed by atoms with Crippen LogP contribution in [0.2, 0.25) is 0 Å². The summed E-state index contributed by atoms with van der Waals surface area (Å²) in [5, 5.41) is 11.6. The summed E-state index contributed by atoms with van der Waals surface area (Å²) in [6, 6.07) is 20.0. The van der Waals surface area contributed by atoms with Crippen molar-refractivity contribution in [2.45, 2.75) is 6.92 Å². The highest BCUT2D eigenvalue weighted by Crippen LogP contribution is 2.21. The summed E-state index contributed by atoms with van der Waals surface area (Å²) in [6.07, 6.45) is 1.57. The van der Waals surface area contributed by atoms with Gasteiger partial charge in [0.2, 0.25) is 5.95 Å². The van der Waals surface area contributed by atoms with Crippen molar-refractivity contribution in [3.8, 4) is 6.07 Å². The van der Waals surface area contributed by atoms with E-state index in [1.165, 1.54) is 0 Å². The molecule has 0 aliphatic carbocycles. The van der Waals surface area contributed by atoms with E-state index < -0.39 is 0 Å². The number of nitriles is 1. The number of benzene rings is 2. The molecule has 0 bridgehead atoms. The van der Waals surface area contributed by atoms with Gasteiger partial charge in [0.05, 0.1) is 11.6 Å². The van der Waals surface area contributed by atoms with Gasteiger partial charge in [-0.3, -0.25) is 4.79 Å².